The molecular formula is C12H21N3OS. The number of carbonyl (C=O) groups excluding carboxylic acids is 1. The van der Waals surface area contributed by atoms with Gasteiger partial charge in [0.2, 0.25) is 5.91 Å². The van der Waals surface area contributed by atoms with Gasteiger partial charge in [0.05, 0.1) is 6.04 Å². The molecule has 0 aromatic carbocycles. The summed E-state index contributed by atoms with van der Waals surface area (Å²) in [6.45, 7) is 5.87. The Morgan fingerprint density at radius 2 is 2.29 bits per heavy atom. The smallest absolute Gasteiger partial charge is 0.220 e. The van der Waals surface area contributed by atoms with Gasteiger partial charge in [-0.05, 0) is 33.6 Å². The van der Waals surface area contributed by atoms with Gasteiger partial charge in [0.15, 0.2) is 0 Å². The Hall–Kier alpha value is -0.940. The number of hydrogen-bond acceptors (Lipinski definition) is 4. The van der Waals surface area contributed by atoms with E-state index in [-0.39, 0.29) is 18.0 Å². The van der Waals surface area contributed by atoms with Gasteiger partial charge in [0, 0.05) is 23.5 Å². The van der Waals surface area contributed by atoms with Gasteiger partial charge in [-0.2, -0.15) is 0 Å². The van der Waals surface area contributed by atoms with Crippen LogP contribution in [-0.4, -0.2) is 16.9 Å². The first-order valence-corrected chi connectivity index (χ1v) is 6.84. The lowest BCUT2D eigenvalue weighted by Crippen LogP contribution is -2.26. The van der Waals surface area contributed by atoms with Gasteiger partial charge in [-0.15, -0.1) is 11.3 Å². The molecule has 4 nitrogen and oxygen atoms in total. The molecule has 0 spiro atoms. The molecule has 2 unspecified atom stereocenters. The van der Waals surface area contributed by atoms with Crippen molar-refractivity contribution in [3.8, 4) is 0 Å². The minimum Gasteiger partial charge on any atom is -0.347 e. The highest BCUT2D eigenvalue weighted by Gasteiger charge is 2.12. The van der Waals surface area contributed by atoms with Crippen LogP contribution in [0.25, 0.3) is 0 Å². The van der Waals surface area contributed by atoms with E-state index in [2.05, 4.69) is 10.3 Å². The van der Waals surface area contributed by atoms with Crippen LogP contribution >= 0.6 is 11.3 Å². The minimum absolute atomic E-state index is 0.00324. The van der Waals surface area contributed by atoms with Gasteiger partial charge in [-0.1, -0.05) is 0 Å². The molecule has 2 atom stereocenters. The monoisotopic (exact) mass is 255 g/mol. The van der Waals surface area contributed by atoms with Gasteiger partial charge in [0.25, 0.3) is 0 Å². The highest BCUT2D eigenvalue weighted by Crippen LogP contribution is 2.17. The zero-order chi connectivity index (χ0) is 12.8. The fourth-order valence-corrected chi connectivity index (χ4v) is 2.33. The number of aromatic nitrogens is 1. The van der Waals surface area contributed by atoms with E-state index in [1.807, 2.05) is 26.2 Å². The Morgan fingerprint density at radius 1 is 1.59 bits per heavy atom. The van der Waals surface area contributed by atoms with Crippen molar-refractivity contribution in [3.63, 3.8) is 0 Å². The topological polar surface area (TPSA) is 68.0 Å². The molecule has 1 heterocycles. The molecular weight excluding hydrogens is 234 g/mol. The van der Waals surface area contributed by atoms with Gasteiger partial charge in [-0.3, -0.25) is 4.79 Å². The Labute approximate surface area is 107 Å². The molecule has 0 bridgehead atoms. The second-order valence-electron chi connectivity index (χ2n) is 4.49. The molecule has 0 aliphatic heterocycles. The highest BCUT2D eigenvalue weighted by molar-refractivity contribution is 7.09. The normalized spacial score (nSPS) is 14.4. The van der Waals surface area contributed by atoms with Crippen molar-refractivity contribution in [1.82, 2.24) is 10.3 Å². The molecule has 96 valence electrons. The lowest BCUT2D eigenvalue weighted by molar-refractivity contribution is -0.121. The third kappa shape index (κ3) is 5.28. The minimum atomic E-state index is -0.00324. The molecule has 1 rings (SSSR count). The van der Waals surface area contributed by atoms with E-state index in [0.29, 0.717) is 6.42 Å². The second-order valence-corrected chi connectivity index (χ2v) is 5.38. The molecule has 0 saturated carbocycles. The molecule has 0 fully saturated rings. The van der Waals surface area contributed by atoms with E-state index < -0.39 is 0 Å². The standard InChI is InChI=1S/C12H21N3OS/c1-8(13)5-4-6-11(16)15-10(3)12-14-9(2)7-17-12/h7-8,10H,4-6,13H2,1-3H3,(H,15,16). The molecule has 0 saturated heterocycles. The number of thiazole rings is 1. The quantitative estimate of drug-likeness (QED) is 0.818. The first kappa shape index (κ1) is 14.1. The van der Waals surface area contributed by atoms with Gasteiger partial charge < -0.3 is 11.1 Å². The molecule has 0 aliphatic carbocycles. The van der Waals surface area contributed by atoms with E-state index in [4.69, 9.17) is 5.73 Å². The van der Waals surface area contributed by atoms with Crippen molar-refractivity contribution in [2.24, 2.45) is 5.73 Å². The Bertz CT molecular complexity index is 362. The van der Waals surface area contributed by atoms with E-state index in [9.17, 15) is 4.79 Å². The van der Waals surface area contributed by atoms with E-state index in [1.165, 1.54) is 0 Å². The van der Waals surface area contributed by atoms with Crippen LogP contribution in [0.15, 0.2) is 5.38 Å². The molecule has 0 aliphatic rings. The van der Waals surface area contributed by atoms with Crippen molar-refractivity contribution in [3.05, 3.63) is 16.1 Å². The van der Waals surface area contributed by atoms with Crippen molar-refractivity contribution >= 4 is 17.2 Å². The van der Waals surface area contributed by atoms with Gasteiger partial charge in [0.1, 0.15) is 5.01 Å². The average molecular weight is 255 g/mol. The van der Waals surface area contributed by atoms with Crippen LogP contribution in [0.2, 0.25) is 0 Å². The number of amides is 1. The van der Waals surface area contributed by atoms with Crippen LogP contribution in [0, 0.1) is 6.92 Å². The Kier molecular flexibility index (Phi) is 5.58. The molecule has 1 aromatic heterocycles. The number of carbonyl (C=O) groups is 1. The number of nitrogens with two attached hydrogens (primary N) is 1. The Balaban J connectivity index is 2.31. The third-order valence-electron chi connectivity index (χ3n) is 2.45. The van der Waals surface area contributed by atoms with Crippen molar-refractivity contribution in [2.75, 3.05) is 0 Å². The number of hydrogen-bond donors (Lipinski definition) is 2. The van der Waals surface area contributed by atoms with Crippen LogP contribution in [0.3, 0.4) is 0 Å². The maximum atomic E-state index is 11.6. The van der Waals surface area contributed by atoms with E-state index in [1.54, 1.807) is 11.3 Å². The molecule has 17 heavy (non-hydrogen) atoms. The van der Waals surface area contributed by atoms with E-state index >= 15 is 0 Å². The SMILES string of the molecule is Cc1csc(C(C)NC(=O)CCCC(C)N)n1. The van der Waals surface area contributed by atoms with Crippen molar-refractivity contribution in [1.29, 1.82) is 0 Å². The highest BCUT2D eigenvalue weighted by atomic mass is 32.1. The summed E-state index contributed by atoms with van der Waals surface area (Å²) in [4.78, 5) is 16.0. The summed E-state index contributed by atoms with van der Waals surface area (Å²) in [7, 11) is 0. The summed E-state index contributed by atoms with van der Waals surface area (Å²) in [6, 6.07) is 0.165. The zero-order valence-electron chi connectivity index (χ0n) is 10.7. The van der Waals surface area contributed by atoms with Crippen LogP contribution in [-0.2, 0) is 4.79 Å². The summed E-state index contributed by atoms with van der Waals surface area (Å²) in [5.41, 5.74) is 6.64. The maximum Gasteiger partial charge on any atom is 0.220 e. The van der Waals surface area contributed by atoms with Crippen LogP contribution in [0.4, 0.5) is 0 Å². The Morgan fingerprint density at radius 3 is 2.82 bits per heavy atom. The number of aryl methyl sites for hydroxylation is 1. The summed E-state index contributed by atoms with van der Waals surface area (Å²) in [5.74, 6) is 0.0750. The molecule has 0 radical (unpaired) electrons. The van der Waals surface area contributed by atoms with Crippen LogP contribution in [0.1, 0.15) is 49.9 Å². The number of nitrogens with one attached hydrogen (secondary N) is 1. The predicted molar refractivity (Wildman–Crippen MR) is 70.9 cm³/mol. The third-order valence-corrected chi connectivity index (χ3v) is 3.59. The molecule has 1 amide bonds. The maximum absolute atomic E-state index is 11.6. The largest absolute Gasteiger partial charge is 0.347 e. The molecule has 3 N–H and O–H groups in total. The first-order valence-electron chi connectivity index (χ1n) is 5.96. The fraction of sp³-hybridized carbons (Fsp3) is 0.667. The number of rotatable bonds is 6. The average Bonchev–Trinajstić information content (AvgIpc) is 2.64. The van der Waals surface area contributed by atoms with Crippen LogP contribution < -0.4 is 11.1 Å². The van der Waals surface area contributed by atoms with Crippen molar-refractivity contribution < 1.29 is 4.79 Å². The summed E-state index contributed by atoms with van der Waals surface area (Å²) in [5, 5.41) is 5.91. The van der Waals surface area contributed by atoms with Gasteiger partial charge >= 0.3 is 0 Å². The summed E-state index contributed by atoms with van der Waals surface area (Å²) >= 11 is 1.58. The predicted octanol–water partition coefficient (Wildman–Crippen LogP) is 2.15. The molecule has 5 heteroatoms. The fourth-order valence-electron chi connectivity index (χ4n) is 1.53. The molecule has 1 aromatic rings. The van der Waals surface area contributed by atoms with Gasteiger partial charge in [-0.25, -0.2) is 4.98 Å². The summed E-state index contributed by atoms with van der Waals surface area (Å²) in [6.07, 6.45) is 2.27. The first-order chi connectivity index (χ1) is 7.99. The lowest BCUT2D eigenvalue weighted by atomic mass is 10.1. The second kappa shape index (κ2) is 6.71. The zero-order valence-corrected chi connectivity index (χ0v) is 11.5. The number of nitrogens with zero attached hydrogens (tertiary/aromatic N) is 1. The van der Waals surface area contributed by atoms with Crippen molar-refractivity contribution in [2.45, 2.75) is 52.1 Å². The summed E-state index contributed by atoms with van der Waals surface area (Å²) < 4.78 is 0. The van der Waals surface area contributed by atoms with E-state index in [0.717, 1.165) is 23.5 Å². The lowest BCUT2D eigenvalue weighted by Gasteiger charge is -2.11. The van der Waals surface area contributed by atoms with Crippen LogP contribution in [0.5, 0.6) is 0 Å².